The smallest absolute Gasteiger partial charge is 0.447 e. The summed E-state index contributed by atoms with van der Waals surface area (Å²) < 4.78 is 70.7. The molecular weight excluding hydrogens is 457 g/mol. The maximum Gasteiger partial charge on any atom is 0.497 e. The first-order valence-electron chi connectivity index (χ1n) is 10.4. The molecule has 0 radical (unpaired) electrons. The fourth-order valence-corrected chi connectivity index (χ4v) is 3.29. The molecule has 2 aromatic rings. The lowest BCUT2D eigenvalue weighted by atomic mass is 9.78. The van der Waals surface area contributed by atoms with Gasteiger partial charge in [0.2, 0.25) is 6.10 Å². The second-order valence-electron chi connectivity index (χ2n) is 8.93. The molecule has 0 saturated carbocycles. The highest BCUT2D eigenvalue weighted by atomic mass is 19.4. The Labute approximate surface area is 194 Å². The van der Waals surface area contributed by atoms with Crippen LogP contribution in [-0.2, 0) is 29.8 Å². The van der Waals surface area contributed by atoms with Crippen LogP contribution in [0.3, 0.4) is 0 Å². The summed E-state index contributed by atoms with van der Waals surface area (Å²) in [5.41, 5.74) is -2.43. The number of carbonyl (C=O) groups excluding carboxylic acids is 2. The van der Waals surface area contributed by atoms with E-state index in [4.69, 9.17) is 14.0 Å². The van der Waals surface area contributed by atoms with Crippen molar-refractivity contribution in [3.8, 4) is 0 Å². The number of esters is 1. The van der Waals surface area contributed by atoms with Crippen LogP contribution >= 0.6 is 0 Å². The van der Waals surface area contributed by atoms with Gasteiger partial charge in [-0.05, 0) is 52.0 Å². The minimum absolute atomic E-state index is 0.00638. The van der Waals surface area contributed by atoms with E-state index in [0.717, 1.165) is 31.2 Å². The third-order valence-electron chi connectivity index (χ3n) is 5.81. The molecule has 1 fully saturated rings. The zero-order valence-electron chi connectivity index (χ0n) is 19.2. The van der Waals surface area contributed by atoms with Crippen LogP contribution in [0.4, 0.5) is 23.2 Å². The van der Waals surface area contributed by atoms with Crippen molar-refractivity contribution in [3.63, 3.8) is 0 Å². The minimum atomic E-state index is -4.65. The maximum atomic E-state index is 14.9. The van der Waals surface area contributed by atoms with E-state index < -0.39 is 53.9 Å². The Morgan fingerprint density at radius 1 is 1.03 bits per heavy atom. The van der Waals surface area contributed by atoms with E-state index in [9.17, 15) is 27.2 Å². The standard InChI is InChI=1S/C23H24BF4NO5/c1-13(30)32-19(14-7-6-8-15(11-14)23(26,27)28)20(31)29-16-9-10-17(18(25)12-16)24-33-21(2,3)22(4,5)34-24/h6-12,19H,1-5H3,(H,29,31). The molecule has 182 valence electrons. The molecule has 34 heavy (non-hydrogen) atoms. The van der Waals surface area contributed by atoms with Crippen LogP contribution < -0.4 is 10.8 Å². The first-order chi connectivity index (χ1) is 15.6. The Morgan fingerprint density at radius 3 is 2.18 bits per heavy atom. The zero-order chi connectivity index (χ0) is 25.5. The number of carbonyl (C=O) groups is 2. The van der Waals surface area contributed by atoms with Gasteiger partial charge in [-0.1, -0.05) is 18.2 Å². The van der Waals surface area contributed by atoms with Crippen molar-refractivity contribution in [2.24, 2.45) is 0 Å². The van der Waals surface area contributed by atoms with Gasteiger partial charge >= 0.3 is 19.3 Å². The highest BCUT2D eigenvalue weighted by Gasteiger charge is 2.52. The molecule has 0 aromatic heterocycles. The molecule has 1 saturated heterocycles. The molecule has 0 bridgehead atoms. The normalized spacial score (nSPS) is 17.9. The van der Waals surface area contributed by atoms with Gasteiger partial charge in [0.1, 0.15) is 5.82 Å². The molecule has 0 aliphatic carbocycles. The molecule has 1 unspecified atom stereocenters. The number of hydrogen-bond donors (Lipinski definition) is 1. The second kappa shape index (κ2) is 9.03. The van der Waals surface area contributed by atoms with E-state index in [1.54, 1.807) is 0 Å². The number of rotatable bonds is 5. The average Bonchev–Trinajstić information content (AvgIpc) is 2.92. The molecule has 1 aliphatic rings. The van der Waals surface area contributed by atoms with Crippen molar-refractivity contribution in [2.75, 3.05) is 5.32 Å². The van der Waals surface area contributed by atoms with Crippen LogP contribution in [-0.4, -0.2) is 30.2 Å². The van der Waals surface area contributed by atoms with E-state index in [0.29, 0.717) is 0 Å². The molecule has 1 N–H and O–H groups in total. The monoisotopic (exact) mass is 481 g/mol. The molecule has 2 aromatic carbocycles. The molecule has 1 amide bonds. The number of benzene rings is 2. The summed E-state index contributed by atoms with van der Waals surface area (Å²) in [7, 11) is -0.964. The summed E-state index contributed by atoms with van der Waals surface area (Å²) in [5.74, 6) is -2.54. The Bertz CT molecular complexity index is 1090. The average molecular weight is 481 g/mol. The van der Waals surface area contributed by atoms with E-state index in [1.807, 2.05) is 27.7 Å². The predicted octanol–water partition coefficient (Wildman–Crippen LogP) is 4.39. The van der Waals surface area contributed by atoms with Crippen LogP contribution in [0.15, 0.2) is 42.5 Å². The number of amides is 1. The molecular formula is C23H24BF4NO5. The highest BCUT2D eigenvalue weighted by molar-refractivity contribution is 6.62. The quantitative estimate of drug-likeness (QED) is 0.390. The summed E-state index contributed by atoms with van der Waals surface area (Å²) in [6.45, 7) is 8.31. The van der Waals surface area contributed by atoms with Gasteiger partial charge < -0.3 is 19.4 Å². The maximum absolute atomic E-state index is 14.9. The number of hydrogen-bond acceptors (Lipinski definition) is 5. The summed E-state index contributed by atoms with van der Waals surface area (Å²) >= 11 is 0. The van der Waals surface area contributed by atoms with E-state index in [-0.39, 0.29) is 16.7 Å². The van der Waals surface area contributed by atoms with Gasteiger partial charge in [-0.3, -0.25) is 9.59 Å². The lowest BCUT2D eigenvalue weighted by molar-refractivity contribution is -0.152. The van der Waals surface area contributed by atoms with Crippen molar-refractivity contribution in [3.05, 3.63) is 59.4 Å². The van der Waals surface area contributed by atoms with Gasteiger partial charge in [-0.2, -0.15) is 13.2 Å². The van der Waals surface area contributed by atoms with Crippen LogP contribution in [0, 0.1) is 5.82 Å². The van der Waals surface area contributed by atoms with Gasteiger partial charge in [0, 0.05) is 23.6 Å². The summed E-state index contributed by atoms with van der Waals surface area (Å²) in [6.07, 6.45) is -6.33. The van der Waals surface area contributed by atoms with Crippen molar-refractivity contribution in [1.82, 2.24) is 0 Å². The van der Waals surface area contributed by atoms with Crippen molar-refractivity contribution in [2.45, 2.75) is 58.1 Å². The van der Waals surface area contributed by atoms with Gasteiger partial charge in [0.25, 0.3) is 5.91 Å². The number of nitrogens with one attached hydrogen (secondary N) is 1. The number of anilines is 1. The third kappa shape index (κ3) is 5.42. The summed E-state index contributed by atoms with van der Waals surface area (Å²) in [5, 5.41) is 2.38. The van der Waals surface area contributed by atoms with Crippen LogP contribution in [0.25, 0.3) is 0 Å². The SMILES string of the molecule is CC(=O)OC(C(=O)Nc1ccc(B2OC(C)(C)C(C)(C)O2)c(F)c1)c1cccc(C(F)(F)F)c1. The van der Waals surface area contributed by atoms with E-state index in [1.165, 1.54) is 18.2 Å². The number of halogens is 4. The fraction of sp³-hybridized carbons (Fsp3) is 0.391. The molecule has 1 atom stereocenters. The fourth-order valence-electron chi connectivity index (χ4n) is 3.29. The zero-order valence-corrected chi connectivity index (χ0v) is 19.2. The number of alkyl halides is 3. The largest absolute Gasteiger partial charge is 0.497 e. The lowest BCUT2D eigenvalue weighted by Gasteiger charge is -2.32. The van der Waals surface area contributed by atoms with E-state index >= 15 is 0 Å². The summed E-state index contributed by atoms with van der Waals surface area (Å²) in [4.78, 5) is 24.3. The molecule has 1 aliphatic heterocycles. The molecule has 1 heterocycles. The first-order valence-corrected chi connectivity index (χ1v) is 10.4. The Morgan fingerprint density at radius 2 is 1.65 bits per heavy atom. The molecule has 6 nitrogen and oxygen atoms in total. The van der Waals surface area contributed by atoms with Crippen molar-refractivity contribution in [1.29, 1.82) is 0 Å². The number of ether oxygens (including phenoxy) is 1. The van der Waals surface area contributed by atoms with Crippen LogP contribution in [0.2, 0.25) is 0 Å². The third-order valence-corrected chi connectivity index (χ3v) is 5.81. The van der Waals surface area contributed by atoms with Gasteiger partial charge in [0.05, 0.1) is 16.8 Å². The van der Waals surface area contributed by atoms with E-state index in [2.05, 4.69) is 5.32 Å². The van der Waals surface area contributed by atoms with Crippen LogP contribution in [0.5, 0.6) is 0 Å². The Balaban J connectivity index is 1.83. The topological polar surface area (TPSA) is 73.9 Å². The van der Waals surface area contributed by atoms with Gasteiger partial charge in [-0.15, -0.1) is 0 Å². The first kappa shape index (κ1) is 25.7. The van der Waals surface area contributed by atoms with Crippen molar-refractivity contribution >= 4 is 30.1 Å². The lowest BCUT2D eigenvalue weighted by Crippen LogP contribution is -2.41. The van der Waals surface area contributed by atoms with Crippen molar-refractivity contribution < 1.29 is 41.2 Å². The Hall–Kier alpha value is -2.92. The minimum Gasteiger partial charge on any atom is -0.447 e. The molecule has 3 rings (SSSR count). The second-order valence-corrected chi connectivity index (χ2v) is 8.93. The van der Waals surface area contributed by atoms with Crippen LogP contribution in [0.1, 0.15) is 51.8 Å². The van der Waals surface area contributed by atoms with Gasteiger partial charge in [-0.25, -0.2) is 4.39 Å². The summed E-state index contributed by atoms with van der Waals surface area (Å²) in [6, 6.07) is 7.66. The Kier molecular flexibility index (Phi) is 6.83. The predicted molar refractivity (Wildman–Crippen MR) is 117 cm³/mol. The highest BCUT2D eigenvalue weighted by Crippen LogP contribution is 2.37. The molecule has 11 heteroatoms. The van der Waals surface area contributed by atoms with Gasteiger partial charge in [0.15, 0.2) is 0 Å². The molecule has 0 spiro atoms.